The highest BCUT2D eigenvalue weighted by Crippen LogP contribution is 2.33. The summed E-state index contributed by atoms with van der Waals surface area (Å²) in [4.78, 5) is 20.3. The molecule has 2 aromatic rings. The maximum Gasteiger partial charge on any atom is 0.231 e. The van der Waals surface area contributed by atoms with Crippen LogP contribution in [-0.4, -0.2) is 43.0 Å². The number of amides is 1. The van der Waals surface area contributed by atoms with Crippen LogP contribution >= 0.6 is 0 Å². The molecular weight excluding hydrogens is 356 g/mol. The Kier molecular flexibility index (Phi) is 5.19. The summed E-state index contributed by atoms with van der Waals surface area (Å²) in [5.41, 5.74) is 2.86. The molecule has 0 N–H and O–H groups in total. The van der Waals surface area contributed by atoms with Crippen LogP contribution in [0.1, 0.15) is 36.8 Å². The third-order valence-electron chi connectivity index (χ3n) is 5.20. The summed E-state index contributed by atoms with van der Waals surface area (Å²) >= 11 is 0. The Morgan fingerprint density at radius 2 is 1.96 bits per heavy atom. The SMILES string of the molecule is CC[C@@H](C(=O)N(C)C[C@H]1CC(c2ccc3c(c2)OCO3)=NO1)c1ccccc1. The molecule has 2 heterocycles. The number of hydrogen-bond acceptors (Lipinski definition) is 5. The maximum atomic E-state index is 12.9. The van der Waals surface area contributed by atoms with Crippen molar-refractivity contribution >= 4 is 11.6 Å². The van der Waals surface area contributed by atoms with E-state index in [4.69, 9.17) is 14.3 Å². The van der Waals surface area contributed by atoms with Crippen molar-refractivity contribution in [2.75, 3.05) is 20.4 Å². The zero-order valence-corrected chi connectivity index (χ0v) is 16.1. The highest BCUT2D eigenvalue weighted by Gasteiger charge is 2.29. The van der Waals surface area contributed by atoms with Gasteiger partial charge in [-0.15, -0.1) is 0 Å². The van der Waals surface area contributed by atoms with E-state index in [-0.39, 0.29) is 24.7 Å². The number of oxime groups is 1. The van der Waals surface area contributed by atoms with E-state index in [2.05, 4.69) is 5.16 Å². The van der Waals surface area contributed by atoms with Crippen LogP contribution in [0.25, 0.3) is 0 Å². The molecule has 0 fully saturated rings. The second-order valence-electron chi connectivity index (χ2n) is 7.13. The largest absolute Gasteiger partial charge is 0.454 e. The molecule has 0 bridgehead atoms. The molecule has 0 spiro atoms. The molecule has 2 atom stereocenters. The number of rotatable bonds is 6. The Morgan fingerprint density at radius 3 is 2.75 bits per heavy atom. The molecule has 0 unspecified atom stereocenters. The quantitative estimate of drug-likeness (QED) is 0.769. The van der Waals surface area contributed by atoms with E-state index in [1.54, 1.807) is 4.90 Å². The number of benzene rings is 2. The summed E-state index contributed by atoms with van der Waals surface area (Å²) in [5.74, 6) is 1.44. The van der Waals surface area contributed by atoms with Crippen molar-refractivity contribution in [3.63, 3.8) is 0 Å². The molecule has 6 heteroatoms. The van der Waals surface area contributed by atoms with Crippen molar-refractivity contribution in [1.29, 1.82) is 0 Å². The average Bonchev–Trinajstić information content (AvgIpc) is 3.38. The molecule has 6 nitrogen and oxygen atoms in total. The van der Waals surface area contributed by atoms with E-state index in [1.807, 2.05) is 62.5 Å². The minimum absolute atomic E-state index is 0.105. The second kappa shape index (κ2) is 7.92. The van der Waals surface area contributed by atoms with Gasteiger partial charge in [0.05, 0.1) is 18.2 Å². The normalized spacial score (nSPS) is 18.4. The smallest absolute Gasteiger partial charge is 0.231 e. The van der Waals surface area contributed by atoms with Crippen molar-refractivity contribution in [3.05, 3.63) is 59.7 Å². The first-order valence-corrected chi connectivity index (χ1v) is 9.58. The van der Waals surface area contributed by atoms with Crippen molar-refractivity contribution in [3.8, 4) is 11.5 Å². The van der Waals surface area contributed by atoms with Crippen LogP contribution < -0.4 is 9.47 Å². The molecule has 4 rings (SSSR count). The predicted molar refractivity (Wildman–Crippen MR) is 106 cm³/mol. The lowest BCUT2D eigenvalue weighted by Gasteiger charge is -2.25. The van der Waals surface area contributed by atoms with Crippen molar-refractivity contribution in [2.24, 2.45) is 5.16 Å². The third-order valence-corrected chi connectivity index (χ3v) is 5.20. The number of fused-ring (bicyclic) bond motifs is 1. The molecule has 0 aromatic heterocycles. The Bertz CT molecular complexity index is 881. The zero-order chi connectivity index (χ0) is 19.5. The van der Waals surface area contributed by atoms with Gasteiger partial charge in [0.15, 0.2) is 17.6 Å². The van der Waals surface area contributed by atoms with Crippen molar-refractivity contribution < 1.29 is 19.1 Å². The lowest BCUT2D eigenvalue weighted by Crippen LogP contribution is -2.37. The molecule has 0 saturated heterocycles. The molecule has 0 aliphatic carbocycles. The van der Waals surface area contributed by atoms with Crippen LogP contribution in [0.5, 0.6) is 11.5 Å². The summed E-state index contributed by atoms with van der Waals surface area (Å²) in [6.07, 6.45) is 1.26. The molecule has 146 valence electrons. The summed E-state index contributed by atoms with van der Waals surface area (Å²) in [6.45, 7) is 2.79. The fraction of sp³-hybridized carbons (Fsp3) is 0.364. The van der Waals surface area contributed by atoms with E-state index >= 15 is 0 Å². The summed E-state index contributed by atoms with van der Waals surface area (Å²) in [6, 6.07) is 15.7. The monoisotopic (exact) mass is 380 g/mol. The number of carbonyl (C=O) groups excluding carboxylic acids is 1. The van der Waals surface area contributed by atoms with E-state index in [0.717, 1.165) is 34.8 Å². The van der Waals surface area contributed by atoms with Crippen LogP contribution in [0.4, 0.5) is 0 Å². The van der Waals surface area contributed by atoms with Crippen LogP contribution in [0.15, 0.2) is 53.7 Å². The Balaban J connectivity index is 1.37. The molecule has 2 aliphatic rings. The maximum absolute atomic E-state index is 12.9. The Labute approximate surface area is 164 Å². The molecular formula is C22H24N2O4. The Hall–Kier alpha value is -3.02. The standard InChI is InChI=1S/C22H24N2O4/c1-3-18(15-7-5-4-6-8-15)22(25)24(2)13-17-12-19(23-28-17)16-9-10-20-21(11-16)27-14-26-20/h4-11,17-18H,3,12-14H2,1-2H3/t17-,18-/m1/s1. The van der Waals surface area contributed by atoms with Gasteiger partial charge in [-0.25, -0.2) is 0 Å². The first kappa shape index (κ1) is 18.3. The highest BCUT2D eigenvalue weighted by molar-refractivity contribution is 6.01. The van der Waals surface area contributed by atoms with Gasteiger partial charge >= 0.3 is 0 Å². The van der Waals surface area contributed by atoms with E-state index in [0.29, 0.717) is 13.0 Å². The molecule has 2 aromatic carbocycles. The number of carbonyl (C=O) groups is 1. The van der Waals surface area contributed by atoms with E-state index in [9.17, 15) is 4.79 Å². The van der Waals surface area contributed by atoms with Crippen LogP contribution in [0, 0.1) is 0 Å². The van der Waals surface area contributed by atoms with Crippen LogP contribution in [0.2, 0.25) is 0 Å². The lowest BCUT2D eigenvalue weighted by atomic mass is 9.95. The third kappa shape index (κ3) is 3.67. The summed E-state index contributed by atoms with van der Waals surface area (Å²) in [7, 11) is 1.83. The fourth-order valence-electron chi connectivity index (χ4n) is 3.67. The topological polar surface area (TPSA) is 60.4 Å². The second-order valence-corrected chi connectivity index (χ2v) is 7.13. The fourth-order valence-corrected chi connectivity index (χ4v) is 3.67. The van der Waals surface area contributed by atoms with Gasteiger partial charge in [-0.2, -0.15) is 0 Å². The van der Waals surface area contributed by atoms with Gasteiger partial charge in [-0.3, -0.25) is 4.79 Å². The van der Waals surface area contributed by atoms with Gasteiger partial charge < -0.3 is 19.2 Å². The molecule has 0 saturated carbocycles. The summed E-state index contributed by atoms with van der Waals surface area (Å²) in [5, 5.41) is 4.23. The minimum Gasteiger partial charge on any atom is -0.454 e. The van der Waals surface area contributed by atoms with Gasteiger partial charge in [0.2, 0.25) is 12.7 Å². The van der Waals surface area contributed by atoms with E-state index < -0.39 is 0 Å². The number of likely N-dealkylation sites (N-methyl/N-ethyl adjacent to an activating group) is 1. The summed E-state index contributed by atoms with van der Waals surface area (Å²) < 4.78 is 10.8. The van der Waals surface area contributed by atoms with Gasteiger partial charge in [-0.1, -0.05) is 42.4 Å². The van der Waals surface area contributed by atoms with Crippen LogP contribution in [0.3, 0.4) is 0 Å². The van der Waals surface area contributed by atoms with E-state index in [1.165, 1.54) is 0 Å². The lowest BCUT2D eigenvalue weighted by molar-refractivity contribution is -0.133. The predicted octanol–water partition coefficient (Wildman–Crippen LogP) is 3.56. The zero-order valence-electron chi connectivity index (χ0n) is 16.1. The molecule has 1 amide bonds. The average molecular weight is 380 g/mol. The molecule has 0 radical (unpaired) electrons. The van der Waals surface area contributed by atoms with Crippen molar-refractivity contribution in [2.45, 2.75) is 31.8 Å². The highest BCUT2D eigenvalue weighted by atomic mass is 16.7. The van der Waals surface area contributed by atoms with Gasteiger partial charge in [0, 0.05) is 19.0 Å². The van der Waals surface area contributed by atoms with Gasteiger partial charge in [0.1, 0.15) is 0 Å². The van der Waals surface area contributed by atoms with Crippen LogP contribution in [-0.2, 0) is 9.63 Å². The number of ether oxygens (including phenoxy) is 2. The Morgan fingerprint density at radius 1 is 1.18 bits per heavy atom. The first-order chi connectivity index (χ1) is 13.7. The molecule has 2 aliphatic heterocycles. The number of nitrogens with zero attached hydrogens (tertiary/aromatic N) is 2. The first-order valence-electron chi connectivity index (χ1n) is 9.58. The van der Waals surface area contributed by atoms with Gasteiger partial charge in [0.25, 0.3) is 0 Å². The van der Waals surface area contributed by atoms with Crippen molar-refractivity contribution in [1.82, 2.24) is 4.90 Å². The van der Waals surface area contributed by atoms with Gasteiger partial charge in [-0.05, 0) is 30.2 Å². The number of hydrogen-bond donors (Lipinski definition) is 0. The minimum atomic E-state index is -0.150. The molecule has 28 heavy (non-hydrogen) atoms.